The van der Waals surface area contributed by atoms with Gasteiger partial charge in [0.05, 0.1) is 5.41 Å². The minimum Gasteiger partial charge on any atom is -0.398 e. The van der Waals surface area contributed by atoms with Crippen molar-refractivity contribution < 1.29 is 9.59 Å². The van der Waals surface area contributed by atoms with Crippen molar-refractivity contribution in [2.45, 2.75) is 24.7 Å². The van der Waals surface area contributed by atoms with E-state index in [1.165, 1.54) is 0 Å². The Morgan fingerprint density at radius 2 is 2.11 bits per heavy atom. The van der Waals surface area contributed by atoms with E-state index in [0.29, 0.717) is 22.8 Å². The Morgan fingerprint density at radius 1 is 1.36 bits per heavy atom. The van der Waals surface area contributed by atoms with Gasteiger partial charge in [0.25, 0.3) is 0 Å². The summed E-state index contributed by atoms with van der Waals surface area (Å²) in [5.41, 5.74) is 8.15. The summed E-state index contributed by atoms with van der Waals surface area (Å²) in [6, 6.07) is 12.8. The van der Waals surface area contributed by atoms with Gasteiger partial charge in [-0.25, -0.2) is 0 Å². The molecule has 1 aliphatic rings. The van der Waals surface area contributed by atoms with Crippen molar-refractivity contribution in [1.29, 1.82) is 0 Å². The number of benzene rings is 2. The quantitative estimate of drug-likeness (QED) is 0.396. The van der Waals surface area contributed by atoms with E-state index in [-0.39, 0.29) is 18.2 Å². The van der Waals surface area contributed by atoms with E-state index >= 15 is 0 Å². The summed E-state index contributed by atoms with van der Waals surface area (Å²) in [4.78, 5) is 25.4. The summed E-state index contributed by atoms with van der Waals surface area (Å²) in [7, 11) is 0. The van der Waals surface area contributed by atoms with Gasteiger partial charge in [0.1, 0.15) is 6.29 Å². The van der Waals surface area contributed by atoms with Gasteiger partial charge in [0, 0.05) is 40.0 Å². The molecular formula is C22H22BrClN2O2. The molecule has 146 valence electrons. The number of carbonyl (C=O) groups is 2. The highest BCUT2D eigenvalue weighted by Gasteiger charge is 2.51. The van der Waals surface area contributed by atoms with E-state index in [1.54, 1.807) is 12.1 Å². The predicted octanol–water partition coefficient (Wildman–Crippen LogP) is 4.62. The van der Waals surface area contributed by atoms with Crippen LogP contribution in [0.5, 0.6) is 0 Å². The zero-order valence-corrected chi connectivity index (χ0v) is 17.9. The fraction of sp³-hybridized carbons (Fsp3) is 0.273. The van der Waals surface area contributed by atoms with Crippen LogP contribution in [0, 0.1) is 5.92 Å². The van der Waals surface area contributed by atoms with Crippen molar-refractivity contribution in [2.24, 2.45) is 5.92 Å². The molecule has 2 aromatic rings. The number of hydrogen-bond donors (Lipinski definition) is 2. The Balaban J connectivity index is 2.35. The number of anilines is 1. The monoisotopic (exact) mass is 460 g/mol. The lowest BCUT2D eigenvalue weighted by Crippen LogP contribution is -2.45. The first kappa shape index (κ1) is 20.6. The van der Waals surface area contributed by atoms with Crippen LogP contribution < -0.4 is 11.1 Å². The number of carbonyl (C=O) groups excluding carboxylic acids is 2. The molecular weight excluding hydrogens is 440 g/mol. The van der Waals surface area contributed by atoms with Crippen LogP contribution in [0.2, 0.25) is 5.02 Å². The lowest BCUT2D eigenvalue weighted by molar-refractivity contribution is -0.121. The standard InChI is InChI=1S/C22H22BrClN2O2/c1-13(2)19-11-26-21(28)10-18(14-4-3-5-16(24)8-14)22(19,12-27)17-7-6-15(23)9-20(17)25/h3-9,12,18-19H,1,10-11,25H2,2H3,(H,26,28)/t18-,19+,22+/m1/s1. The zero-order valence-electron chi connectivity index (χ0n) is 15.5. The second-order valence-electron chi connectivity index (χ2n) is 7.30. The Hall–Kier alpha value is -2.11. The maximum atomic E-state index is 12.9. The van der Waals surface area contributed by atoms with Gasteiger partial charge in [-0.15, -0.1) is 0 Å². The molecule has 6 heteroatoms. The highest BCUT2D eigenvalue weighted by atomic mass is 79.9. The van der Waals surface area contributed by atoms with Crippen LogP contribution >= 0.6 is 27.5 Å². The predicted molar refractivity (Wildman–Crippen MR) is 116 cm³/mol. The van der Waals surface area contributed by atoms with Crippen molar-refractivity contribution in [3.63, 3.8) is 0 Å². The van der Waals surface area contributed by atoms with E-state index in [1.807, 2.05) is 37.3 Å². The topological polar surface area (TPSA) is 72.2 Å². The zero-order chi connectivity index (χ0) is 20.5. The van der Waals surface area contributed by atoms with Crippen LogP contribution in [0.1, 0.15) is 30.4 Å². The van der Waals surface area contributed by atoms with Crippen molar-refractivity contribution >= 4 is 45.4 Å². The van der Waals surface area contributed by atoms with Gasteiger partial charge < -0.3 is 15.8 Å². The van der Waals surface area contributed by atoms with Crippen molar-refractivity contribution in [3.8, 4) is 0 Å². The molecule has 2 aromatic carbocycles. The third kappa shape index (κ3) is 3.61. The van der Waals surface area contributed by atoms with Crippen LogP contribution in [-0.2, 0) is 15.0 Å². The van der Waals surface area contributed by atoms with Gasteiger partial charge in [0.2, 0.25) is 5.91 Å². The molecule has 1 aliphatic heterocycles. The molecule has 1 fully saturated rings. The minimum absolute atomic E-state index is 0.115. The average Bonchev–Trinajstić information content (AvgIpc) is 2.78. The first-order valence-corrected chi connectivity index (χ1v) is 10.2. The fourth-order valence-electron chi connectivity index (χ4n) is 4.28. The highest BCUT2D eigenvalue weighted by Crippen LogP contribution is 2.50. The number of nitrogens with one attached hydrogen (secondary N) is 1. The molecule has 0 radical (unpaired) electrons. The molecule has 0 aliphatic carbocycles. The molecule has 3 N–H and O–H groups in total. The summed E-state index contributed by atoms with van der Waals surface area (Å²) in [5, 5.41) is 3.49. The van der Waals surface area contributed by atoms with E-state index in [4.69, 9.17) is 17.3 Å². The number of nitrogens with two attached hydrogens (primary N) is 1. The van der Waals surface area contributed by atoms with Gasteiger partial charge in [-0.3, -0.25) is 4.79 Å². The molecule has 3 atom stereocenters. The Morgan fingerprint density at radius 3 is 2.71 bits per heavy atom. The maximum absolute atomic E-state index is 12.9. The number of rotatable bonds is 4. The molecule has 0 unspecified atom stereocenters. The number of nitrogen functional groups attached to an aromatic ring is 1. The molecule has 1 amide bonds. The summed E-state index contributed by atoms with van der Waals surface area (Å²) in [5.74, 6) is -0.865. The van der Waals surface area contributed by atoms with E-state index in [2.05, 4.69) is 27.8 Å². The van der Waals surface area contributed by atoms with Crippen LogP contribution in [0.4, 0.5) is 5.69 Å². The SMILES string of the molecule is C=C(C)[C@@H]1CNC(=O)C[C@H](c2cccc(Cl)c2)[C@]1(C=O)c1ccc(Br)cc1N. The molecule has 1 saturated heterocycles. The second kappa shape index (κ2) is 8.10. The molecule has 0 spiro atoms. The average molecular weight is 462 g/mol. The highest BCUT2D eigenvalue weighted by molar-refractivity contribution is 9.10. The molecule has 0 aromatic heterocycles. The van der Waals surface area contributed by atoms with Crippen LogP contribution in [0.15, 0.2) is 59.1 Å². The Kier molecular flexibility index (Phi) is 5.96. The van der Waals surface area contributed by atoms with Gasteiger partial charge in [-0.05, 0) is 42.3 Å². The van der Waals surface area contributed by atoms with Gasteiger partial charge in [-0.1, -0.05) is 57.9 Å². The van der Waals surface area contributed by atoms with Crippen molar-refractivity contribution in [3.05, 3.63) is 75.2 Å². The molecule has 3 rings (SSSR count). The smallest absolute Gasteiger partial charge is 0.220 e. The first-order chi connectivity index (χ1) is 13.3. The maximum Gasteiger partial charge on any atom is 0.220 e. The van der Waals surface area contributed by atoms with E-state index in [9.17, 15) is 9.59 Å². The lowest BCUT2D eigenvalue weighted by Gasteiger charge is -2.42. The van der Waals surface area contributed by atoms with Gasteiger partial charge in [-0.2, -0.15) is 0 Å². The van der Waals surface area contributed by atoms with Gasteiger partial charge in [0.15, 0.2) is 0 Å². The summed E-state index contributed by atoms with van der Waals surface area (Å²) >= 11 is 9.67. The Bertz CT molecular complexity index is 946. The summed E-state index contributed by atoms with van der Waals surface area (Å²) in [6.07, 6.45) is 1.09. The van der Waals surface area contributed by atoms with E-state index in [0.717, 1.165) is 21.9 Å². The Labute approximate surface area is 178 Å². The second-order valence-corrected chi connectivity index (χ2v) is 8.65. The summed E-state index contributed by atoms with van der Waals surface area (Å²) in [6.45, 7) is 6.32. The van der Waals surface area contributed by atoms with Crippen molar-refractivity contribution in [1.82, 2.24) is 5.32 Å². The number of aldehydes is 1. The largest absolute Gasteiger partial charge is 0.398 e. The number of halogens is 2. The van der Waals surface area contributed by atoms with Crippen molar-refractivity contribution in [2.75, 3.05) is 12.3 Å². The van der Waals surface area contributed by atoms with Crippen LogP contribution in [-0.4, -0.2) is 18.7 Å². The van der Waals surface area contributed by atoms with Crippen LogP contribution in [0.25, 0.3) is 0 Å². The molecule has 28 heavy (non-hydrogen) atoms. The fourth-order valence-corrected chi connectivity index (χ4v) is 4.86. The lowest BCUT2D eigenvalue weighted by atomic mass is 9.59. The van der Waals surface area contributed by atoms with Gasteiger partial charge >= 0.3 is 0 Å². The summed E-state index contributed by atoms with van der Waals surface area (Å²) < 4.78 is 0.823. The number of amides is 1. The molecule has 1 heterocycles. The third-order valence-electron chi connectivity index (χ3n) is 5.57. The molecule has 0 saturated carbocycles. The van der Waals surface area contributed by atoms with E-state index < -0.39 is 11.3 Å². The minimum atomic E-state index is -1.06. The third-order valence-corrected chi connectivity index (χ3v) is 6.30. The normalized spacial score (nSPS) is 24.9. The number of hydrogen-bond acceptors (Lipinski definition) is 3. The van der Waals surface area contributed by atoms with Crippen LogP contribution in [0.3, 0.4) is 0 Å². The molecule has 4 nitrogen and oxygen atoms in total. The first-order valence-electron chi connectivity index (χ1n) is 8.99. The molecule has 0 bridgehead atoms.